The van der Waals surface area contributed by atoms with Crippen molar-refractivity contribution in [3.05, 3.63) is 56.5 Å². The second kappa shape index (κ2) is 5.54. The summed E-state index contributed by atoms with van der Waals surface area (Å²) in [5.74, 6) is 0. The van der Waals surface area contributed by atoms with Crippen LogP contribution >= 0.6 is 23.6 Å². The second-order valence-electron chi connectivity index (χ2n) is 4.31. The number of hydrogen-bond acceptors (Lipinski definition) is 2. The van der Waals surface area contributed by atoms with Crippen LogP contribution in [0.15, 0.2) is 30.8 Å². The Balaban J connectivity index is 2.36. The highest BCUT2D eigenvalue weighted by Gasteiger charge is 2.35. The molecule has 0 aliphatic heterocycles. The Hall–Kier alpha value is -1.40. The van der Waals surface area contributed by atoms with E-state index in [-0.39, 0.29) is 9.65 Å². The molecular formula is C14H12F3NS2. The second-order valence-corrected chi connectivity index (χ2v) is 5.96. The van der Waals surface area contributed by atoms with Crippen LogP contribution in [0.4, 0.5) is 13.2 Å². The fourth-order valence-corrected chi connectivity index (χ4v) is 3.17. The molecule has 0 unspecified atom stereocenters. The largest absolute Gasteiger partial charge is 0.427 e. The van der Waals surface area contributed by atoms with Crippen LogP contribution in [0, 0.1) is 10.9 Å². The van der Waals surface area contributed by atoms with E-state index in [4.69, 9.17) is 12.2 Å². The van der Waals surface area contributed by atoms with Crippen molar-refractivity contribution in [3.63, 3.8) is 0 Å². The molecule has 0 fully saturated rings. The average molecular weight is 315 g/mol. The van der Waals surface area contributed by atoms with Crippen molar-refractivity contribution in [1.29, 1.82) is 0 Å². The first kappa shape index (κ1) is 15.0. The van der Waals surface area contributed by atoms with E-state index in [2.05, 4.69) is 6.58 Å². The van der Waals surface area contributed by atoms with Gasteiger partial charge in [-0.3, -0.25) is 0 Å². The van der Waals surface area contributed by atoms with Crippen LogP contribution in [0.2, 0.25) is 0 Å². The normalized spacial score (nSPS) is 11.6. The quantitative estimate of drug-likeness (QED) is 0.696. The van der Waals surface area contributed by atoms with Crippen LogP contribution in [-0.2, 0) is 12.7 Å². The van der Waals surface area contributed by atoms with Crippen molar-refractivity contribution in [2.75, 3.05) is 0 Å². The van der Waals surface area contributed by atoms with Crippen LogP contribution in [0.25, 0.3) is 6.08 Å². The number of aromatic nitrogens is 1. The number of thiazole rings is 1. The van der Waals surface area contributed by atoms with Crippen LogP contribution in [0.1, 0.15) is 21.7 Å². The van der Waals surface area contributed by atoms with E-state index in [1.165, 1.54) is 11.5 Å². The van der Waals surface area contributed by atoms with Crippen molar-refractivity contribution >= 4 is 29.6 Å². The summed E-state index contributed by atoms with van der Waals surface area (Å²) in [7, 11) is 0. The van der Waals surface area contributed by atoms with Gasteiger partial charge in [-0.05, 0) is 30.3 Å². The molecule has 0 N–H and O–H groups in total. The maximum Gasteiger partial charge on any atom is 0.427 e. The number of rotatable bonds is 3. The Morgan fingerprint density at radius 2 is 1.90 bits per heavy atom. The summed E-state index contributed by atoms with van der Waals surface area (Å²) in [5.41, 5.74) is 2.04. The molecule has 1 aromatic heterocycles. The molecule has 20 heavy (non-hydrogen) atoms. The maximum absolute atomic E-state index is 12.8. The first-order chi connectivity index (χ1) is 9.32. The fourth-order valence-electron chi connectivity index (χ4n) is 1.86. The van der Waals surface area contributed by atoms with Gasteiger partial charge in [0.15, 0.2) is 3.95 Å². The van der Waals surface area contributed by atoms with E-state index in [0.717, 1.165) is 11.1 Å². The summed E-state index contributed by atoms with van der Waals surface area (Å²) < 4.78 is 40.2. The number of alkyl halides is 3. The van der Waals surface area contributed by atoms with Gasteiger partial charge in [0.1, 0.15) is 4.88 Å². The molecule has 1 heterocycles. The van der Waals surface area contributed by atoms with Gasteiger partial charge in [0.25, 0.3) is 0 Å². The molecule has 0 atom stereocenters. The Kier molecular flexibility index (Phi) is 4.15. The van der Waals surface area contributed by atoms with Crippen molar-refractivity contribution in [3.8, 4) is 0 Å². The lowest BCUT2D eigenvalue weighted by atomic mass is 10.1. The van der Waals surface area contributed by atoms with E-state index in [1.807, 2.05) is 24.3 Å². The third-order valence-electron chi connectivity index (χ3n) is 2.96. The van der Waals surface area contributed by atoms with E-state index in [9.17, 15) is 13.2 Å². The molecular weight excluding hydrogens is 303 g/mol. The maximum atomic E-state index is 12.8. The summed E-state index contributed by atoms with van der Waals surface area (Å²) in [6.07, 6.45) is -2.63. The molecule has 0 aliphatic carbocycles. The molecule has 106 valence electrons. The third-order valence-corrected chi connectivity index (χ3v) is 4.55. The summed E-state index contributed by atoms with van der Waals surface area (Å²) in [6.45, 7) is 5.45. The van der Waals surface area contributed by atoms with Gasteiger partial charge in [-0.15, -0.1) is 11.3 Å². The highest BCUT2D eigenvalue weighted by Crippen LogP contribution is 2.36. The van der Waals surface area contributed by atoms with E-state index in [1.54, 1.807) is 6.08 Å². The predicted octanol–water partition coefficient (Wildman–Crippen LogP) is 5.30. The third kappa shape index (κ3) is 3.02. The van der Waals surface area contributed by atoms with Crippen LogP contribution < -0.4 is 0 Å². The van der Waals surface area contributed by atoms with Crippen molar-refractivity contribution in [2.45, 2.75) is 19.6 Å². The zero-order valence-corrected chi connectivity index (χ0v) is 12.3. The molecule has 1 nitrogen and oxygen atoms in total. The fraction of sp³-hybridized carbons (Fsp3) is 0.214. The zero-order chi connectivity index (χ0) is 14.9. The molecule has 0 amide bonds. The molecule has 0 saturated carbocycles. The zero-order valence-electron chi connectivity index (χ0n) is 10.7. The minimum absolute atomic E-state index is 0.167. The Labute approximate surface area is 124 Å². The van der Waals surface area contributed by atoms with Crippen LogP contribution in [0.5, 0.6) is 0 Å². The first-order valence-corrected chi connectivity index (χ1v) is 7.04. The van der Waals surface area contributed by atoms with Crippen LogP contribution in [0.3, 0.4) is 0 Å². The van der Waals surface area contributed by atoms with E-state index < -0.39 is 11.1 Å². The number of halogens is 3. The molecule has 0 spiro atoms. The lowest BCUT2D eigenvalue weighted by Crippen LogP contribution is -2.08. The summed E-state index contributed by atoms with van der Waals surface area (Å²) in [6, 6.07) is 7.48. The van der Waals surface area contributed by atoms with Gasteiger partial charge in [0, 0.05) is 12.2 Å². The monoisotopic (exact) mass is 315 g/mol. The molecule has 0 aliphatic rings. The first-order valence-electron chi connectivity index (χ1n) is 5.81. The highest BCUT2D eigenvalue weighted by molar-refractivity contribution is 7.73. The summed E-state index contributed by atoms with van der Waals surface area (Å²) in [5, 5.41) is 0. The summed E-state index contributed by atoms with van der Waals surface area (Å²) in [4.78, 5) is -0.620. The van der Waals surface area contributed by atoms with Gasteiger partial charge < -0.3 is 4.57 Å². The standard InChI is InChI=1S/C14H12F3NS2/c1-3-10-4-6-11(7-5-10)8-18-9(2)12(14(15,16)17)20-13(18)19/h3-7H,1,8H2,2H3. The SMILES string of the molecule is C=Cc1ccc(Cn2c(C)c(C(F)(F)F)sc2=S)cc1. The van der Waals surface area contributed by atoms with Crippen molar-refractivity contribution in [1.82, 2.24) is 4.57 Å². The van der Waals surface area contributed by atoms with Gasteiger partial charge in [-0.25, -0.2) is 0 Å². The molecule has 0 bridgehead atoms. The molecule has 0 radical (unpaired) electrons. The Morgan fingerprint density at radius 1 is 1.30 bits per heavy atom. The van der Waals surface area contributed by atoms with Crippen molar-refractivity contribution in [2.24, 2.45) is 0 Å². The van der Waals surface area contributed by atoms with Gasteiger partial charge in [-0.2, -0.15) is 13.2 Å². The topological polar surface area (TPSA) is 4.93 Å². The van der Waals surface area contributed by atoms with Gasteiger partial charge in [0.2, 0.25) is 0 Å². The lowest BCUT2D eigenvalue weighted by molar-refractivity contribution is -0.135. The van der Waals surface area contributed by atoms with E-state index >= 15 is 0 Å². The van der Waals surface area contributed by atoms with Crippen LogP contribution in [-0.4, -0.2) is 4.57 Å². The average Bonchev–Trinajstić information content (AvgIpc) is 2.67. The molecule has 2 rings (SSSR count). The number of hydrogen-bond donors (Lipinski definition) is 0. The van der Waals surface area contributed by atoms with Gasteiger partial charge in [0.05, 0.1) is 0 Å². The minimum Gasteiger partial charge on any atom is -0.322 e. The Morgan fingerprint density at radius 3 is 2.35 bits per heavy atom. The van der Waals surface area contributed by atoms with E-state index in [0.29, 0.717) is 17.9 Å². The molecule has 0 saturated heterocycles. The molecule has 1 aromatic carbocycles. The number of nitrogens with zero attached hydrogens (tertiary/aromatic N) is 1. The smallest absolute Gasteiger partial charge is 0.322 e. The van der Waals surface area contributed by atoms with Gasteiger partial charge in [-0.1, -0.05) is 36.9 Å². The number of benzene rings is 1. The van der Waals surface area contributed by atoms with Gasteiger partial charge >= 0.3 is 6.18 Å². The predicted molar refractivity (Wildman–Crippen MR) is 78.5 cm³/mol. The highest BCUT2D eigenvalue weighted by atomic mass is 32.1. The lowest BCUT2D eigenvalue weighted by Gasteiger charge is -2.09. The van der Waals surface area contributed by atoms with Crippen molar-refractivity contribution < 1.29 is 13.2 Å². The molecule has 6 heteroatoms. The summed E-state index contributed by atoms with van der Waals surface area (Å²) >= 11 is 5.65. The Bertz CT molecular complexity index is 678. The molecule has 2 aromatic rings. The minimum atomic E-state index is -4.35.